The van der Waals surface area contributed by atoms with Gasteiger partial charge in [-0.05, 0) is 70.6 Å². The fourth-order valence-electron chi connectivity index (χ4n) is 15.9. The van der Waals surface area contributed by atoms with E-state index in [9.17, 15) is 57.8 Å². The number of esters is 11. The Kier molecular flexibility index (Phi) is 22.6. The van der Waals surface area contributed by atoms with E-state index in [0.29, 0.717) is 31.3 Å². The van der Waals surface area contributed by atoms with Crippen LogP contribution in [0.5, 0.6) is 0 Å². The fourth-order valence-corrected chi connectivity index (χ4v) is 15.9. The molecule has 93 heavy (non-hydrogen) atoms. The van der Waals surface area contributed by atoms with Gasteiger partial charge in [0, 0.05) is 104 Å². The van der Waals surface area contributed by atoms with Crippen LogP contribution in [0.2, 0.25) is 0 Å². The lowest BCUT2D eigenvalue weighted by Gasteiger charge is -2.62. The van der Waals surface area contributed by atoms with Gasteiger partial charge in [-0.15, -0.1) is 0 Å². The Morgan fingerprint density at radius 3 is 1.51 bits per heavy atom. The smallest absolute Gasteiger partial charge is 0.334 e. The minimum Gasteiger partial charge on any atom is -0.463 e. The van der Waals surface area contributed by atoms with Crippen LogP contribution in [0, 0.1) is 34.5 Å². The third-order valence-electron chi connectivity index (χ3n) is 19.7. The van der Waals surface area contributed by atoms with Crippen LogP contribution in [0.1, 0.15) is 149 Å². The molecular formula is C64H88O29. The molecule has 29 heteroatoms. The number of ether oxygens (including phenoxy) is 17. The lowest BCUT2D eigenvalue weighted by Crippen LogP contribution is -2.68. The Labute approximate surface area is 538 Å². The van der Waals surface area contributed by atoms with E-state index in [1.165, 1.54) is 13.8 Å². The van der Waals surface area contributed by atoms with Gasteiger partial charge in [0.25, 0.3) is 0 Å². The molecule has 1 unspecified atom stereocenters. The molecule has 0 amide bonds. The van der Waals surface area contributed by atoms with Gasteiger partial charge in [-0.2, -0.15) is 0 Å². The molecule has 1 N–H and O–H groups in total. The summed E-state index contributed by atoms with van der Waals surface area (Å²) in [7, 11) is 0. The Hall–Kier alpha value is -6.63. The van der Waals surface area contributed by atoms with Gasteiger partial charge in [-0.1, -0.05) is 31.1 Å². The summed E-state index contributed by atoms with van der Waals surface area (Å²) in [5.41, 5.74) is -1.24. The van der Waals surface area contributed by atoms with Crippen molar-refractivity contribution in [3.63, 3.8) is 0 Å². The topological polar surface area (TPSA) is 365 Å². The molecule has 4 aliphatic heterocycles. The van der Waals surface area contributed by atoms with Crippen molar-refractivity contribution in [1.29, 1.82) is 0 Å². The molecule has 6 fully saturated rings. The van der Waals surface area contributed by atoms with E-state index < -0.39 is 212 Å². The fraction of sp³-hybridized carbons (Fsp3) is 0.766. The van der Waals surface area contributed by atoms with Crippen LogP contribution in [0.3, 0.4) is 0 Å². The quantitative estimate of drug-likeness (QED) is 0.109. The molecule has 0 aromatic heterocycles. The van der Waals surface area contributed by atoms with E-state index >= 15 is 0 Å². The monoisotopic (exact) mass is 1320 g/mol. The first-order valence-electron chi connectivity index (χ1n) is 31.4. The van der Waals surface area contributed by atoms with E-state index in [4.69, 9.17) is 80.5 Å². The van der Waals surface area contributed by atoms with Crippen molar-refractivity contribution in [3.05, 3.63) is 22.8 Å². The Bertz CT molecular complexity index is 2950. The van der Waals surface area contributed by atoms with Crippen LogP contribution in [0.25, 0.3) is 0 Å². The molecule has 3 saturated carbocycles. The summed E-state index contributed by atoms with van der Waals surface area (Å²) in [4.78, 5) is 143. The first-order valence-corrected chi connectivity index (χ1v) is 31.4. The number of carbonyl (C=O) groups excluding carboxylic acids is 11. The lowest BCUT2D eigenvalue weighted by molar-refractivity contribution is -0.380. The summed E-state index contributed by atoms with van der Waals surface area (Å²) in [6.45, 7) is 18.5. The number of aliphatic hydroxyl groups is 1. The first kappa shape index (κ1) is 72.2. The highest BCUT2D eigenvalue weighted by molar-refractivity contribution is 5.89. The average Bonchev–Trinajstić information content (AvgIpc) is 1.66. The molecule has 518 valence electrons. The van der Waals surface area contributed by atoms with Gasteiger partial charge in [0.2, 0.25) is 0 Å². The minimum absolute atomic E-state index is 0.0386. The van der Waals surface area contributed by atoms with Crippen LogP contribution in [0.4, 0.5) is 0 Å². The summed E-state index contributed by atoms with van der Waals surface area (Å²) < 4.78 is 103. The Morgan fingerprint density at radius 2 is 1.02 bits per heavy atom. The number of fused-ring (bicyclic) bond motifs is 5. The molecule has 29 nitrogen and oxygen atoms in total. The third kappa shape index (κ3) is 15.7. The van der Waals surface area contributed by atoms with Gasteiger partial charge in [0.15, 0.2) is 61.6 Å². The van der Waals surface area contributed by atoms with E-state index in [1.807, 2.05) is 20.8 Å². The molecule has 4 aliphatic carbocycles. The maximum absolute atomic E-state index is 13.7. The Morgan fingerprint density at radius 1 is 0.548 bits per heavy atom. The van der Waals surface area contributed by atoms with Crippen molar-refractivity contribution in [1.82, 2.24) is 0 Å². The van der Waals surface area contributed by atoms with E-state index in [1.54, 1.807) is 13.8 Å². The lowest BCUT2D eigenvalue weighted by atomic mass is 9.45. The molecule has 0 radical (unpaired) electrons. The van der Waals surface area contributed by atoms with Gasteiger partial charge in [-0.3, -0.25) is 47.9 Å². The maximum atomic E-state index is 13.7. The molecule has 24 atom stereocenters. The van der Waals surface area contributed by atoms with E-state index in [0.717, 1.165) is 66.5 Å². The highest BCUT2D eigenvalue weighted by atomic mass is 16.8. The zero-order chi connectivity index (χ0) is 68.5. The number of allylic oxidation sites excluding steroid dienone is 1. The molecule has 4 heterocycles. The summed E-state index contributed by atoms with van der Waals surface area (Å²) in [6.07, 6.45) is -21.3. The molecule has 0 spiro atoms. The van der Waals surface area contributed by atoms with Gasteiger partial charge in [0.1, 0.15) is 48.8 Å². The maximum Gasteiger partial charge on any atom is 0.334 e. The number of hydrogen-bond donors (Lipinski definition) is 1. The standard InChI is InChI=1S/C64H88O29/c1-27-20-50(91-58(75)28(27)2)64(15,76)47-19-18-42-41-17-16-39-21-40(22-48(82-32(6)68)62(39,13)43(41)23-49(63(42,47)14)83-33(7)69)89-61-57(88-38(12)74)54(93-60-56(87-37(11)73)53(85-35(9)71)45(26-79-60)81-31(5)67)51(46(90-61)24-77-29(3)65)92-59-55(86-36(10)72)52(84-34(8)70)44(25-78-59)80-30(4)66/h16,40-57,59-61,76H,17-26H2,1-15H3/t40-,41+,42+,43+,44-,45-,46-,47+,48+,49-,50-,51-,52+,53+,54+,55-,56-,57-,59+,60+,61-,62+,63+,64?/m1/s1. The second-order valence-electron chi connectivity index (χ2n) is 26.1. The van der Waals surface area contributed by atoms with E-state index in [-0.39, 0.29) is 37.0 Å². The average molecular weight is 1320 g/mol. The van der Waals surface area contributed by atoms with Crippen molar-refractivity contribution in [3.8, 4) is 0 Å². The molecule has 0 aromatic rings. The van der Waals surface area contributed by atoms with Crippen LogP contribution in [-0.4, -0.2) is 201 Å². The summed E-state index contributed by atoms with van der Waals surface area (Å²) in [5.74, 6) is -9.95. The molecule has 3 saturated heterocycles. The highest BCUT2D eigenvalue weighted by Gasteiger charge is 2.69. The number of hydrogen-bond acceptors (Lipinski definition) is 29. The predicted molar refractivity (Wildman–Crippen MR) is 309 cm³/mol. The van der Waals surface area contributed by atoms with Crippen molar-refractivity contribution in [2.75, 3.05) is 19.8 Å². The molecule has 0 aromatic carbocycles. The number of rotatable bonds is 19. The second kappa shape index (κ2) is 29.2. The molecular weight excluding hydrogens is 1230 g/mol. The normalized spacial score (nSPS) is 38.6. The van der Waals surface area contributed by atoms with Crippen molar-refractivity contribution < 1.29 is 138 Å². The number of cyclic esters (lactones) is 1. The van der Waals surface area contributed by atoms with Crippen LogP contribution in [0.15, 0.2) is 22.8 Å². The van der Waals surface area contributed by atoms with Crippen molar-refractivity contribution in [2.24, 2.45) is 34.5 Å². The second-order valence-corrected chi connectivity index (χ2v) is 26.1. The van der Waals surface area contributed by atoms with Crippen molar-refractivity contribution in [2.45, 2.75) is 259 Å². The van der Waals surface area contributed by atoms with Gasteiger partial charge in [0.05, 0.1) is 19.3 Å². The van der Waals surface area contributed by atoms with Crippen LogP contribution in [-0.2, 0) is 133 Å². The van der Waals surface area contributed by atoms with Crippen LogP contribution < -0.4 is 0 Å². The predicted octanol–water partition coefficient (Wildman–Crippen LogP) is 3.73. The van der Waals surface area contributed by atoms with Gasteiger partial charge < -0.3 is 85.6 Å². The summed E-state index contributed by atoms with van der Waals surface area (Å²) in [6, 6.07) is 0. The number of carbonyl (C=O) groups is 11. The Balaban J connectivity index is 1.20. The highest BCUT2D eigenvalue weighted by Crippen LogP contribution is 2.69. The first-order chi connectivity index (χ1) is 43.5. The molecule has 0 bridgehead atoms. The largest absolute Gasteiger partial charge is 0.463 e. The van der Waals surface area contributed by atoms with Crippen molar-refractivity contribution >= 4 is 65.7 Å². The zero-order valence-corrected chi connectivity index (χ0v) is 55.2. The molecule has 8 aliphatic rings. The van der Waals surface area contributed by atoms with Gasteiger partial charge in [-0.25, -0.2) is 4.79 Å². The summed E-state index contributed by atoms with van der Waals surface area (Å²) >= 11 is 0. The third-order valence-corrected chi connectivity index (χ3v) is 19.7. The summed E-state index contributed by atoms with van der Waals surface area (Å²) in [5, 5.41) is 12.7. The zero-order valence-electron chi connectivity index (χ0n) is 55.2. The van der Waals surface area contributed by atoms with Gasteiger partial charge >= 0.3 is 65.7 Å². The molecule has 8 rings (SSSR count). The van der Waals surface area contributed by atoms with E-state index in [2.05, 4.69) is 6.08 Å². The SMILES string of the molecule is CC(=O)OC[C@H]1O[C@@H](O[C@@H]2CC3=CC[C@@H]4[C@H](C[C@@H](OC(C)=O)[C@]5(C)[C@@H](C(C)(O)[C@H]6CC(C)=C(C)C(=O)O6)CC[C@@H]45)[C@@]3(C)[C@@H](OC(C)=O)C2)[C@H](OC(C)=O)[C@@H](O[C@@H]2OC[C@@H](OC(C)=O)[C@H](OC(C)=O)[C@H]2OC(C)=O)[C@@H]1O[C@@H]1OC[C@@H](OC(C)=O)[C@H](OC(C)=O)[C@H]1OC(C)=O. The minimum atomic E-state index is -1.88. The van der Waals surface area contributed by atoms with Crippen LogP contribution >= 0.6 is 0 Å².